The van der Waals surface area contributed by atoms with Crippen LogP contribution in [0.15, 0.2) is 25.2 Å². The maximum absolute atomic E-state index is 5.43. The van der Waals surface area contributed by atoms with E-state index in [4.69, 9.17) is 5.73 Å². The quantitative estimate of drug-likeness (QED) is 0.617. The Labute approximate surface area is 60.2 Å². The number of aromatic nitrogens is 2. The molecule has 1 heterocycles. The summed E-state index contributed by atoms with van der Waals surface area (Å²) in [5, 5.41) is 0. The molecule has 10 heavy (non-hydrogen) atoms. The summed E-state index contributed by atoms with van der Waals surface area (Å²) in [5.41, 5.74) is 6.47. The number of nitrogens with zero attached hydrogens (tertiary/aromatic N) is 2. The summed E-state index contributed by atoms with van der Waals surface area (Å²) in [6.45, 7) is 4.94. The van der Waals surface area contributed by atoms with Crippen LogP contribution in [0.5, 0.6) is 0 Å². The second-order valence-corrected chi connectivity index (χ2v) is 2.03. The molecule has 0 aliphatic heterocycles. The van der Waals surface area contributed by atoms with Crippen molar-refractivity contribution in [1.82, 2.24) is 9.55 Å². The predicted molar refractivity (Wildman–Crippen MR) is 40.3 cm³/mol. The highest BCUT2D eigenvalue weighted by atomic mass is 15.0. The van der Waals surface area contributed by atoms with Crippen LogP contribution in [0.3, 0.4) is 0 Å². The topological polar surface area (TPSA) is 43.8 Å². The van der Waals surface area contributed by atoms with Gasteiger partial charge in [0.05, 0.1) is 12.0 Å². The first kappa shape index (κ1) is 7.02. The largest absolute Gasteiger partial charge is 0.330 e. The van der Waals surface area contributed by atoms with Crippen molar-refractivity contribution in [3.05, 3.63) is 30.9 Å². The van der Waals surface area contributed by atoms with Crippen molar-refractivity contribution in [1.29, 1.82) is 0 Å². The summed E-state index contributed by atoms with van der Waals surface area (Å²) in [6, 6.07) is 0. The van der Waals surface area contributed by atoms with Crippen molar-refractivity contribution in [2.45, 2.75) is 13.1 Å². The van der Waals surface area contributed by atoms with E-state index in [2.05, 4.69) is 11.6 Å². The fourth-order valence-corrected chi connectivity index (χ4v) is 0.822. The maximum atomic E-state index is 5.43. The molecule has 0 spiro atoms. The standard InChI is InChI=1S/C7H11N3/c1-2-3-10-6-9-5-7(10)4-8/h2,5-6H,1,3-4,8H2. The zero-order valence-corrected chi connectivity index (χ0v) is 5.83. The monoisotopic (exact) mass is 137 g/mol. The molecule has 1 rings (SSSR count). The van der Waals surface area contributed by atoms with Crippen molar-refractivity contribution in [3.8, 4) is 0 Å². The zero-order chi connectivity index (χ0) is 7.40. The zero-order valence-electron chi connectivity index (χ0n) is 5.83. The number of imidazole rings is 1. The van der Waals surface area contributed by atoms with Gasteiger partial charge in [-0.15, -0.1) is 6.58 Å². The smallest absolute Gasteiger partial charge is 0.0951 e. The number of nitrogens with two attached hydrogens (primary N) is 1. The highest BCUT2D eigenvalue weighted by Gasteiger charge is 1.94. The Morgan fingerprint density at radius 3 is 3.20 bits per heavy atom. The minimum absolute atomic E-state index is 0.536. The molecule has 0 fully saturated rings. The fraction of sp³-hybridized carbons (Fsp3) is 0.286. The minimum Gasteiger partial charge on any atom is -0.330 e. The average Bonchev–Trinajstić information content (AvgIpc) is 2.36. The molecule has 1 aromatic rings. The molecule has 0 aliphatic carbocycles. The van der Waals surface area contributed by atoms with Gasteiger partial charge in [0, 0.05) is 19.3 Å². The van der Waals surface area contributed by atoms with Gasteiger partial charge in [-0.25, -0.2) is 4.98 Å². The van der Waals surface area contributed by atoms with Crippen LogP contribution < -0.4 is 5.73 Å². The van der Waals surface area contributed by atoms with Crippen molar-refractivity contribution in [2.75, 3.05) is 0 Å². The lowest BCUT2D eigenvalue weighted by Crippen LogP contribution is -2.04. The van der Waals surface area contributed by atoms with E-state index < -0.39 is 0 Å². The third kappa shape index (κ3) is 1.25. The van der Waals surface area contributed by atoms with E-state index in [0.717, 1.165) is 12.2 Å². The molecule has 0 unspecified atom stereocenters. The lowest BCUT2D eigenvalue weighted by molar-refractivity contribution is 0.757. The molecule has 0 amide bonds. The van der Waals surface area contributed by atoms with Crippen LogP contribution in [-0.4, -0.2) is 9.55 Å². The first-order chi connectivity index (χ1) is 4.88. The number of rotatable bonds is 3. The van der Waals surface area contributed by atoms with Gasteiger partial charge in [-0.2, -0.15) is 0 Å². The molecule has 0 bridgehead atoms. The summed E-state index contributed by atoms with van der Waals surface area (Å²) in [6.07, 6.45) is 5.34. The van der Waals surface area contributed by atoms with Crippen LogP contribution in [-0.2, 0) is 13.1 Å². The number of allylic oxidation sites excluding steroid dienone is 1. The molecule has 0 radical (unpaired) electrons. The molecule has 0 saturated heterocycles. The highest BCUT2D eigenvalue weighted by Crippen LogP contribution is 1.96. The first-order valence-electron chi connectivity index (χ1n) is 3.18. The van der Waals surface area contributed by atoms with E-state index in [-0.39, 0.29) is 0 Å². The van der Waals surface area contributed by atoms with Gasteiger partial charge in [-0.3, -0.25) is 0 Å². The summed E-state index contributed by atoms with van der Waals surface area (Å²) in [5.74, 6) is 0. The lowest BCUT2D eigenvalue weighted by atomic mass is 10.4. The number of hydrogen-bond donors (Lipinski definition) is 1. The van der Waals surface area contributed by atoms with Crippen LogP contribution in [0.4, 0.5) is 0 Å². The van der Waals surface area contributed by atoms with Gasteiger partial charge in [-0.1, -0.05) is 6.08 Å². The van der Waals surface area contributed by atoms with Crippen molar-refractivity contribution in [2.24, 2.45) is 5.73 Å². The predicted octanol–water partition coefficient (Wildman–Crippen LogP) is 0.528. The van der Waals surface area contributed by atoms with Crippen LogP contribution in [0, 0.1) is 0 Å². The van der Waals surface area contributed by atoms with Gasteiger partial charge in [-0.05, 0) is 0 Å². The Morgan fingerprint density at radius 1 is 1.80 bits per heavy atom. The Kier molecular flexibility index (Phi) is 2.23. The van der Waals surface area contributed by atoms with Gasteiger partial charge in [0.15, 0.2) is 0 Å². The third-order valence-electron chi connectivity index (χ3n) is 1.33. The second kappa shape index (κ2) is 3.17. The van der Waals surface area contributed by atoms with E-state index in [0.29, 0.717) is 6.54 Å². The van der Waals surface area contributed by atoms with E-state index >= 15 is 0 Å². The number of hydrogen-bond acceptors (Lipinski definition) is 2. The Hall–Kier alpha value is -1.09. The molecule has 1 aromatic heterocycles. The molecule has 2 N–H and O–H groups in total. The van der Waals surface area contributed by atoms with Crippen molar-refractivity contribution >= 4 is 0 Å². The highest BCUT2D eigenvalue weighted by molar-refractivity contribution is 4.98. The van der Waals surface area contributed by atoms with Crippen LogP contribution in [0.25, 0.3) is 0 Å². The Balaban J connectivity index is 2.79. The van der Waals surface area contributed by atoms with E-state index in [1.54, 1.807) is 12.5 Å². The summed E-state index contributed by atoms with van der Waals surface area (Å²) in [7, 11) is 0. The molecule has 3 heteroatoms. The molecule has 0 saturated carbocycles. The summed E-state index contributed by atoms with van der Waals surface area (Å²) in [4.78, 5) is 3.95. The summed E-state index contributed by atoms with van der Waals surface area (Å²) < 4.78 is 1.97. The second-order valence-electron chi connectivity index (χ2n) is 2.03. The van der Waals surface area contributed by atoms with Crippen LogP contribution in [0.1, 0.15) is 5.69 Å². The van der Waals surface area contributed by atoms with Crippen LogP contribution in [0.2, 0.25) is 0 Å². The maximum Gasteiger partial charge on any atom is 0.0951 e. The van der Waals surface area contributed by atoms with E-state index in [9.17, 15) is 0 Å². The first-order valence-corrected chi connectivity index (χ1v) is 3.18. The molecule has 0 atom stereocenters. The minimum atomic E-state index is 0.536. The van der Waals surface area contributed by atoms with Gasteiger partial charge in [0.1, 0.15) is 0 Å². The van der Waals surface area contributed by atoms with Crippen molar-refractivity contribution in [3.63, 3.8) is 0 Å². The van der Waals surface area contributed by atoms with Gasteiger partial charge in [0.25, 0.3) is 0 Å². The van der Waals surface area contributed by atoms with E-state index in [1.807, 2.05) is 10.6 Å². The molecule has 0 aromatic carbocycles. The Morgan fingerprint density at radius 2 is 2.60 bits per heavy atom. The van der Waals surface area contributed by atoms with Gasteiger partial charge >= 0.3 is 0 Å². The van der Waals surface area contributed by atoms with Gasteiger partial charge < -0.3 is 10.3 Å². The average molecular weight is 137 g/mol. The summed E-state index contributed by atoms with van der Waals surface area (Å²) >= 11 is 0. The molecule has 0 aliphatic rings. The molecule has 54 valence electrons. The SMILES string of the molecule is C=CCn1cncc1CN. The van der Waals surface area contributed by atoms with Crippen LogP contribution >= 0.6 is 0 Å². The lowest BCUT2D eigenvalue weighted by Gasteiger charge is -2.00. The molecular weight excluding hydrogens is 126 g/mol. The van der Waals surface area contributed by atoms with Crippen molar-refractivity contribution < 1.29 is 0 Å². The molecule has 3 nitrogen and oxygen atoms in total. The van der Waals surface area contributed by atoms with E-state index in [1.165, 1.54) is 0 Å². The molecular formula is C7H11N3. The van der Waals surface area contributed by atoms with Gasteiger partial charge in [0.2, 0.25) is 0 Å². The Bertz CT molecular complexity index is 214. The third-order valence-corrected chi connectivity index (χ3v) is 1.33. The fourth-order valence-electron chi connectivity index (χ4n) is 0.822. The normalized spacial score (nSPS) is 9.70.